The van der Waals surface area contributed by atoms with Crippen molar-refractivity contribution in [1.29, 1.82) is 0 Å². The lowest BCUT2D eigenvalue weighted by Gasteiger charge is -2.11. The van der Waals surface area contributed by atoms with Crippen LogP contribution in [0.5, 0.6) is 0 Å². The molecule has 0 unspecified atom stereocenters. The van der Waals surface area contributed by atoms with Gasteiger partial charge < -0.3 is 10.2 Å². The van der Waals surface area contributed by atoms with Crippen LogP contribution in [0, 0.1) is 6.92 Å². The van der Waals surface area contributed by atoms with Crippen LogP contribution in [0.1, 0.15) is 18.4 Å². The zero-order chi connectivity index (χ0) is 20.7. The molecule has 0 bridgehead atoms. The first-order chi connectivity index (χ1) is 14.6. The first kappa shape index (κ1) is 18.7. The van der Waals surface area contributed by atoms with Crippen LogP contribution in [0.25, 0.3) is 21.1 Å². The summed E-state index contributed by atoms with van der Waals surface area (Å²) in [5, 5.41) is 4.44. The van der Waals surface area contributed by atoms with Crippen LogP contribution in [-0.4, -0.2) is 33.5 Å². The molecule has 5 rings (SSSR count). The highest BCUT2D eigenvalue weighted by Crippen LogP contribution is 2.32. The number of aromatic nitrogens is 3. The number of para-hydroxylation sites is 1. The molecule has 1 aliphatic rings. The van der Waals surface area contributed by atoms with Gasteiger partial charge in [0.25, 0.3) is 5.56 Å². The lowest BCUT2D eigenvalue weighted by molar-refractivity contribution is -0.116. The van der Waals surface area contributed by atoms with Gasteiger partial charge in [0.05, 0.1) is 27.4 Å². The molecule has 4 aromatic rings. The molecule has 0 radical (unpaired) electrons. The van der Waals surface area contributed by atoms with Crippen molar-refractivity contribution < 1.29 is 4.79 Å². The van der Waals surface area contributed by atoms with Gasteiger partial charge in [0.15, 0.2) is 5.13 Å². The largest absolute Gasteiger partial charge is 0.348 e. The van der Waals surface area contributed by atoms with Crippen molar-refractivity contribution in [1.82, 2.24) is 14.5 Å². The molecule has 30 heavy (non-hydrogen) atoms. The lowest BCUT2D eigenvalue weighted by atomic mass is 10.1. The van der Waals surface area contributed by atoms with Crippen molar-refractivity contribution in [3.05, 3.63) is 58.6 Å². The van der Waals surface area contributed by atoms with E-state index in [1.807, 2.05) is 37.3 Å². The maximum absolute atomic E-state index is 12.7. The molecule has 0 atom stereocenters. The Hall–Kier alpha value is -3.26. The van der Waals surface area contributed by atoms with Crippen molar-refractivity contribution in [2.75, 3.05) is 23.3 Å². The van der Waals surface area contributed by atoms with E-state index in [2.05, 4.69) is 15.2 Å². The maximum Gasteiger partial charge on any atom is 0.261 e. The number of thiazole rings is 1. The Morgan fingerprint density at radius 3 is 2.87 bits per heavy atom. The van der Waals surface area contributed by atoms with Crippen LogP contribution in [0.3, 0.4) is 0 Å². The number of hydrogen-bond acceptors (Lipinski definition) is 6. The fraction of sp³-hybridized carbons (Fsp3) is 0.273. The molecule has 0 spiro atoms. The molecule has 2 aromatic heterocycles. The van der Waals surface area contributed by atoms with Gasteiger partial charge in [-0.2, -0.15) is 0 Å². The van der Waals surface area contributed by atoms with Gasteiger partial charge in [-0.1, -0.05) is 23.5 Å². The first-order valence-corrected chi connectivity index (χ1v) is 10.8. The third kappa shape index (κ3) is 3.43. The van der Waals surface area contributed by atoms with Crippen LogP contribution < -0.4 is 15.8 Å². The summed E-state index contributed by atoms with van der Waals surface area (Å²) in [6, 6.07) is 11.2. The highest BCUT2D eigenvalue weighted by molar-refractivity contribution is 7.22. The molecule has 0 aliphatic carbocycles. The fourth-order valence-electron chi connectivity index (χ4n) is 3.84. The van der Waals surface area contributed by atoms with E-state index in [4.69, 9.17) is 4.98 Å². The highest BCUT2D eigenvalue weighted by atomic mass is 32.1. The van der Waals surface area contributed by atoms with Crippen molar-refractivity contribution in [3.63, 3.8) is 0 Å². The third-order valence-corrected chi connectivity index (χ3v) is 6.49. The van der Waals surface area contributed by atoms with E-state index in [1.165, 1.54) is 23.7 Å². The average molecular weight is 420 g/mol. The Morgan fingerprint density at radius 1 is 1.20 bits per heavy atom. The van der Waals surface area contributed by atoms with Crippen molar-refractivity contribution in [2.24, 2.45) is 0 Å². The number of carbonyl (C=O) groups is 1. The quantitative estimate of drug-likeness (QED) is 0.547. The number of anilines is 2. The van der Waals surface area contributed by atoms with Crippen LogP contribution >= 0.6 is 11.3 Å². The Morgan fingerprint density at radius 2 is 2.03 bits per heavy atom. The van der Waals surface area contributed by atoms with Gasteiger partial charge >= 0.3 is 0 Å². The highest BCUT2D eigenvalue weighted by Gasteiger charge is 2.17. The number of nitrogens with zero attached hydrogens (tertiary/aromatic N) is 4. The Balaban J connectivity index is 1.35. The normalized spacial score (nSPS) is 14.0. The molecule has 7 nitrogen and oxygen atoms in total. The monoisotopic (exact) mass is 419 g/mol. The van der Waals surface area contributed by atoms with E-state index in [1.54, 1.807) is 17.4 Å². The predicted molar refractivity (Wildman–Crippen MR) is 120 cm³/mol. The van der Waals surface area contributed by atoms with E-state index < -0.39 is 0 Å². The summed E-state index contributed by atoms with van der Waals surface area (Å²) in [5.74, 6) is -0.269. The molecule has 152 valence electrons. The zero-order valence-electron chi connectivity index (χ0n) is 16.6. The number of benzene rings is 2. The van der Waals surface area contributed by atoms with E-state index in [-0.39, 0.29) is 18.0 Å². The van der Waals surface area contributed by atoms with Gasteiger partial charge in [0.2, 0.25) is 5.91 Å². The molecule has 1 fully saturated rings. The molecule has 0 saturated carbocycles. The fourth-order valence-corrected chi connectivity index (χ4v) is 4.90. The van der Waals surface area contributed by atoms with E-state index in [0.29, 0.717) is 16.6 Å². The molecule has 2 aromatic carbocycles. The SMILES string of the molecule is Cc1cccc2c(=O)n(CC(=O)Nc3ccc4nc(N5CCCC5)sc4c3)cnc12. The molecule has 1 aliphatic heterocycles. The Labute approximate surface area is 177 Å². The Kier molecular flexibility index (Phi) is 4.71. The number of hydrogen-bond donors (Lipinski definition) is 1. The molecular formula is C22H21N5O2S. The molecular weight excluding hydrogens is 398 g/mol. The van der Waals surface area contributed by atoms with Gasteiger partial charge in [0, 0.05) is 18.8 Å². The number of amides is 1. The minimum absolute atomic E-state index is 0.0878. The second-order valence-electron chi connectivity index (χ2n) is 7.57. The molecule has 3 heterocycles. The second kappa shape index (κ2) is 7.53. The van der Waals surface area contributed by atoms with Gasteiger partial charge in [0.1, 0.15) is 6.54 Å². The van der Waals surface area contributed by atoms with Crippen LogP contribution in [0.2, 0.25) is 0 Å². The number of fused-ring (bicyclic) bond motifs is 2. The lowest BCUT2D eigenvalue weighted by Crippen LogP contribution is -2.28. The number of nitrogens with one attached hydrogen (secondary N) is 1. The number of rotatable bonds is 4. The first-order valence-electron chi connectivity index (χ1n) is 9.99. The molecule has 8 heteroatoms. The summed E-state index contributed by atoms with van der Waals surface area (Å²) < 4.78 is 2.38. The van der Waals surface area contributed by atoms with Crippen molar-refractivity contribution in [3.8, 4) is 0 Å². The predicted octanol–water partition coefficient (Wildman–Crippen LogP) is 3.55. The summed E-state index contributed by atoms with van der Waals surface area (Å²) in [7, 11) is 0. The van der Waals surface area contributed by atoms with Gasteiger partial charge in [-0.3, -0.25) is 14.2 Å². The van der Waals surface area contributed by atoms with Gasteiger partial charge in [-0.15, -0.1) is 0 Å². The summed E-state index contributed by atoms with van der Waals surface area (Å²) >= 11 is 1.64. The molecule has 1 saturated heterocycles. The maximum atomic E-state index is 12.7. The zero-order valence-corrected chi connectivity index (χ0v) is 17.4. The van der Waals surface area contributed by atoms with E-state index >= 15 is 0 Å². The second-order valence-corrected chi connectivity index (χ2v) is 8.58. The van der Waals surface area contributed by atoms with Crippen molar-refractivity contribution in [2.45, 2.75) is 26.3 Å². The minimum atomic E-state index is -0.269. The summed E-state index contributed by atoms with van der Waals surface area (Å²) in [5.41, 5.74) is 3.02. The van der Waals surface area contributed by atoms with Crippen molar-refractivity contribution >= 4 is 49.2 Å². The van der Waals surface area contributed by atoms with Gasteiger partial charge in [-0.05, 0) is 49.6 Å². The third-order valence-electron chi connectivity index (χ3n) is 5.41. The van der Waals surface area contributed by atoms with Crippen LogP contribution in [0.4, 0.5) is 10.8 Å². The van der Waals surface area contributed by atoms with E-state index in [9.17, 15) is 9.59 Å². The summed E-state index contributed by atoms with van der Waals surface area (Å²) in [6.45, 7) is 3.93. The summed E-state index contributed by atoms with van der Waals surface area (Å²) in [4.78, 5) is 36.6. The number of carbonyl (C=O) groups excluding carboxylic acids is 1. The standard InChI is InChI=1S/C22H21N5O2S/c1-14-5-4-6-16-20(14)23-13-27(21(16)29)12-19(28)24-15-7-8-17-18(11-15)30-22(25-17)26-9-2-3-10-26/h4-8,11,13H,2-3,9-10,12H2,1H3,(H,24,28). The van der Waals surface area contributed by atoms with Gasteiger partial charge in [-0.25, -0.2) is 9.97 Å². The average Bonchev–Trinajstić information content (AvgIpc) is 3.40. The smallest absolute Gasteiger partial charge is 0.261 e. The number of aryl methyl sites for hydroxylation is 1. The molecule has 1 N–H and O–H groups in total. The topological polar surface area (TPSA) is 80.1 Å². The van der Waals surface area contributed by atoms with Crippen LogP contribution in [-0.2, 0) is 11.3 Å². The molecule has 1 amide bonds. The van der Waals surface area contributed by atoms with Crippen LogP contribution in [0.15, 0.2) is 47.5 Å². The van der Waals surface area contributed by atoms with E-state index in [0.717, 1.165) is 34.0 Å². The Bertz CT molecular complexity index is 1320. The summed E-state index contributed by atoms with van der Waals surface area (Å²) in [6.07, 6.45) is 3.85. The minimum Gasteiger partial charge on any atom is -0.348 e.